The summed E-state index contributed by atoms with van der Waals surface area (Å²) in [5.74, 6) is 0.321. The molecule has 7 heteroatoms. The fourth-order valence-electron chi connectivity index (χ4n) is 11.3. The van der Waals surface area contributed by atoms with Gasteiger partial charge in [0.2, 0.25) is 0 Å². The monoisotopic (exact) mass is 629 g/mol. The summed E-state index contributed by atoms with van der Waals surface area (Å²) in [6.07, 6.45) is 7.49. The van der Waals surface area contributed by atoms with Gasteiger partial charge in [0.1, 0.15) is 12.2 Å². The summed E-state index contributed by atoms with van der Waals surface area (Å²) in [5, 5.41) is 25.3. The lowest BCUT2D eigenvalue weighted by Gasteiger charge is -2.65. The van der Waals surface area contributed by atoms with E-state index in [1.807, 2.05) is 6.08 Å². The molecule has 2 aliphatic heterocycles. The first-order chi connectivity index (χ1) is 21.3. The van der Waals surface area contributed by atoms with Crippen LogP contribution in [0.5, 0.6) is 0 Å². The van der Waals surface area contributed by atoms with Crippen LogP contribution in [0.1, 0.15) is 110 Å². The normalized spacial score (nSPS) is 40.1. The van der Waals surface area contributed by atoms with E-state index >= 15 is 0 Å². The third-order valence-corrected chi connectivity index (χ3v) is 13.5. The van der Waals surface area contributed by atoms with E-state index in [4.69, 9.17) is 14.2 Å². The van der Waals surface area contributed by atoms with E-state index in [9.17, 15) is 15.0 Å². The van der Waals surface area contributed by atoms with E-state index in [0.717, 1.165) is 37.7 Å². The maximum atomic E-state index is 13.0. The number of benzene rings is 1. The molecule has 0 saturated heterocycles. The highest BCUT2D eigenvalue weighted by atomic mass is 16.6. The number of hydrogen-bond donors (Lipinski definition) is 3. The van der Waals surface area contributed by atoms with E-state index in [0.29, 0.717) is 18.3 Å². The Labute approximate surface area is 272 Å². The highest BCUT2D eigenvalue weighted by molar-refractivity contribution is 5.92. The van der Waals surface area contributed by atoms with Gasteiger partial charge in [0.05, 0.1) is 28.5 Å². The van der Waals surface area contributed by atoms with Crippen LogP contribution in [0.3, 0.4) is 0 Å². The molecule has 8 atom stereocenters. The van der Waals surface area contributed by atoms with Gasteiger partial charge in [-0.05, 0) is 138 Å². The second-order valence-corrected chi connectivity index (χ2v) is 17.5. The molecule has 6 aliphatic rings. The van der Waals surface area contributed by atoms with E-state index in [1.165, 1.54) is 45.8 Å². The average Bonchev–Trinajstić information content (AvgIpc) is 3.56. The lowest BCUT2D eigenvalue weighted by molar-refractivity contribution is -0.214. The van der Waals surface area contributed by atoms with E-state index in [1.54, 1.807) is 13.8 Å². The molecule has 0 spiro atoms. The van der Waals surface area contributed by atoms with Gasteiger partial charge in [0.25, 0.3) is 0 Å². The number of aliphatic hydroxyl groups is 2. The molecule has 3 heterocycles. The topological polar surface area (TPSA) is 101 Å². The number of carbonyl (C=O) groups excluding carboxylic acids is 1. The molecule has 0 bridgehead atoms. The van der Waals surface area contributed by atoms with Gasteiger partial charge < -0.3 is 29.4 Å². The van der Waals surface area contributed by atoms with Gasteiger partial charge in [-0.15, -0.1) is 0 Å². The van der Waals surface area contributed by atoms with Gasteiger partial charge in [-0.3, -0.25) is 4.79 Å². The van der Waals surface area contributed by atoms with Crippen molar-refractivity contribution in [3.63, 3.8) is 0 Å². The second-order valence-electron chi connectivity index (χ2n) is 17.5. The summed E-state index contributed by atoms with van der Waals surface area (Å²) in [5.41, 5.74) is 5.17. The molecular formula is C39H51NO6. The van der Waals surface area contributed by atoms with Crippen LogP contribution in [-0.4, -0.2) is 61.9 Å². The number of aromatic nitrogens is 1. The zero-order valence-electron chi connectivity index (χ0n) is 29.0. The number of fused-ring (bicyclic) bond motifs is 12. The summed E-state index contributed by atoms with van der Waals surface area (Å²) in [6, 6.07) is 4.84. The Morgan fingerprint density at radius 2 is 1.80 bits per heavy atom. The molecule has 8 rings (SSSR count). The van der Waals surface area contributed by atoms with Crippen molar-refractivity contribution >= 4 is 22.4 Å². The van der Waals surface area contributed by atoms with Crippen LogP contribution < -0.4 is 0 Å². The molecule has 248 valence electrons. The number of aromatic amines is 1. The minimum atomic E-state index is -1.22. The molecule has 2 fully saturated rings. The summed E-state index contributed by atoms with van der Waals surface area (Å²) >= 11 is 0. The number of esters is 1. The van der Waals surface area contributed by atoms with Crippen LogP contribution >= 0.6 is 0 Å². The van der Waals surface area contributed by atoms with Crippen molar-refractivity contribution < 1.29 is 29.2 Å². The van der Waals surface area contributed by atoms with Crippen LogP contribution in [-0.2, 0) is 37.3 Å². The molecule has 2 aromatic rings. The summed E-state index contributed by atoms with van der Waals surface area (Å²) in [6.45, 7) is 18.2. The Bertz CT molecular complexity index is 1740. The lowest BCUT2D eigenvalue weighted by atomic mass is 9.42. The smallest absolute Gasteiger partial charge is 0.303 e. The minimum absolute atomic E-state index is 0.235. The third kappa shape index (κ3) is 3.89. The molecule has 0 amide bonds. The number of carbonyl (C=O) groups is 1. The Kier molecular flexibility index (Phi) is 6.14. The molecule has 46 heavy (non-hydrogen) atoms. The Morgan fingerprint density at radius 3 is 2.50 bits per heavy atom. The second kappa shape index (κ2) is 9.16. The fraction of sp³-hybridized carbons (Fsp3) is 0.667. The first-order valence-corrected chi connectivity index (χ1v) is 17.4. The molecule has 2 saturated carbocycles. The highest BCUT2D eigenvalue weighted by Gasteiger charge is 2.70. The third-order valence-electron chi connectivity index (χ3n) is 13.5. The molecule has 1 aromatic carbocycles. The molecule has 7 nitrogen and oxygen atoms in total. The van der Waals surface area contributed by atoms with Gasteiger partial charge >= 0.3 is 5.97 Å². The SMILES string of the molecule is CC(=O)O[C@H]1C=C2C(CC[C@@]3(C)[C@@]2(O)CCC2Cc4c([nH]c5cc6c(cc45)C[C@H]4C6=CC(C)(C)OC4(C)C)[C@@]23C)OC1C(C)(C)O. The highest BCUT2D eigenvalue weighted by Crippen LogP contribution is 2.69. The van der Waals surface area contributed by atoms with E-state index in [2.05, 4.69) is 64.7 Å². The molecular weight excluding hydrogens is 578 g/mol. The molecule has 1 aromatic heterocycles. The van der Waals surface area contributed by atoms with E-state index in [-0.39, 0.29) is 22.7 Å². The number of H-pyrrole nitrogens is 1. The largest absolute Gasteiger partial charge is 0.455 e. The van der Waals surface area contributed by atoms with Gasteiger partial charge in [-0.25, -0.2) is 0 Å². The van der Waals surface area contributed by atoms with Crippen molar-refractivity contribution in [1.82, 2.24) is 4.98 Å². The minimum Gasteiger partial charge on any atom is -0.455 e. The van der Waals surface area contributed by atoms with Gasteiger partial charge in [0, 0.05) is 40.3 Å². The first-order valence-electron chi connectivity index (χ1n) is 17.4. The van der Waals surface area contributed by atoms with Crippen molar-refractivity contribution in [2.24, 2.45) is 17.3 Å². The molecule has 3 unspecified atom stereocenters. The van der Waals surface area contributed by atoms with Gasteiger partial charge in [-0.1, -0.05) is 13.8 Å². The van der Waals surface area contributed by atoms with Crippen LogP contribution in [0.25, 0.3) is 16.5 Å². The maximum absolute atomic E-state index is 13.0. The zero-order valence-corrected chi connectivity index (χ0v) is 29.0. The van der Waals surface area contributed by atoms with Crippen LogP contribution in [0.2, 0.25) is 0 Å². The predicted octanol–water partition coefficient (Wildman–Crippen LogP) is 6.46. The number of rotatable bonds is 2. The van der Waals surface area contributed by atoms with Crippen molar-refractivity contribution in [1.29, 1.82) is 0 Å². The van der Waals surface area contributed by atoms with Crippen LogP contribution in [0.15, 0.2) is 29.9 Å². The maximum Gasteiger partial charge on any atom is 0.303 e. The van der Waals surface area contributed by atoms with Crippen molar-refractivity contribution in [3.8, 4) is 0 Å². The van der Waals surface area contributed by atoms with Crippen molar-refractivity contribution in [3.05, 3.63) is 52.2 Å². The fourth-order valence-corrected chi connectivity index (χ4v) is 11.3. The number of nitrogens with one attached hydrogen (secondary N) is 1. The predicted molar refractivity (Wildman–Crippen MR) is 177 cm³/mol. The van der Waals surface area contributed by atoms with Crippen LogP contribution in [0.4, 0.5) is 0 Å². The number of hydrogen-bond acceptors (Lipinski definition) is 6. The zero-order chi connectivity index (χ0) is 33.0. The molecule has 4 aliphatic carbocycles. The number of ether oxygens (including phenoxy) is 3. The van der Waals surface area contributed by atoms with Crippen molar-refractivity contribution in [2.45, 2.75) is 147 Å². The molecule has 0 radical (unpaired) electrons. The first kappa shape index (κ1) is 30.9. The van der Waals surface area contributed by atoms with Crippen molar-refractivity contribution in [2.75, 3.05) is 0 Å². The Hall–Kier alpha value is -2.45. The Balaban J connectivity index is 1.23. The van der Waals surface area contributed by atoms with E-state index < -0.39 is 34.8 Å². The molecule has 3 N–H and O–H groups in total. The average molecular weight is 630 g/mol. The van der Waals surface area contributed by atoms with Gasteiger partial charge in [-0.2, -0.15) is 0 Å². The van der Waals surface area contributed by atoms with Crippen LogP contribution in [0, 0.1) is 17.3 Å². The summed E-state index contributed by atoms with van der Waals surface area (Å²) in [7, 11) is 0. The Morgan fingerprint density at radius 1 is 1.07 bits per heavy atom. The summed E-state index contributed by atoms with van der Waals surface area (Å²) in [4.78, 5) is 16.1. The standard InChI is InChI=1S/C39H51NO6/c1-20(41)44-31-18-28-30(45-33(31)35(4,5)42)11-12-37(8)38(9)22(10-13-39(28,37)43)16-25-24-14-21-15-27-26(19-34(2,3)46-36(27,6)7)23(21)17-29(24)40-32(25)38/h14,17-19,22,27,30-31,33,40,42-43H,10-13,15-16H2,1-9H3/t22?,27-,30?,31-,33?,37+,38+,39+/m0/s1. The lowest BCUT2D eigenvalue weighted by Crippen LogP contribution is -2.68. The summed E-state index contributed by atoms with van der Waals surface area (Å²) < 4.78 is 18.8. The quantitative estimate of drug-likeness (QED) is 0.260. The van der Waals surface area contributed by atoms with Gasteiger partial charge in [0.15, 0.2) is 0 Å².